The number of carbonyl (C=O) groups excluding carboxylic acids is 1. The van der Waals surface area contributed by atoms with Gasteiger partial charge < -0.3 is 5.32 Å². The number of aromatic nitrogens is 4. The molecule has 156 valence electrons. The SMILES string of the molecule is O=C(CCc1ccc(S(=O)(=O)N2CCCC2)cc1)Nc1cccnc1-n1cncn1. The van der Waals surface area contributed by atoms with Gasteiger partial charge in [0.25, 0.3) is 0 Å². The van der Waals surface area contributed by atoms with Crippen LogP contribution in [-0.2, 0) is 21.2 Å². The summed E-state index contributed by atoms with van der Waals surface area (Å²) in [5, 5.41) is 6.89. The zero-order chi connectivity index (χ0) is 21.0. The number of carbonyl (C=O) groups is 1. The molecule has 9 nitrogen and oxygen atoms in total. The summed E-state index contributed by atoms with van der Waals surface area (Å²) >= 11 is 0. The second-order valence-electron chi connectivity index (χ2n) is 7.02. The molecule has 3 aromatic rings. The lowest BCUT2D eigenvalue weighted by atomic mass is 10.1. The Morgan fingerprint density at radius 2 is 1.87 bits per heavy atom. The van der Waals surface area contributed by atoms with Crippen LogP contribution in [0.4, 0.5) is 5.69 Å². The number of benzene rings is 1. The Kier molecular flexibility index (Phi) is 5.86. The van der Waals surface area contributed by atoms with Gasteiger partial charge in [-0.25, -0.2) is 23.1 Å². The summed E-state index contributed by atoms with van der Waals surface area (Å²) in [4.78, 5) is 20.9. The van der Waals surface area contributed by atoms with E-state index in [0.29, 0.717) is 35.9 Å². The molecule has 4 rings (SSSR count). The fraction of sp³-hybridized carbons (Fsp3) is 0.300. The van der Waals surface area contributed by atoms with Crippen molar-refractivity contribution in [3.8, 4) is 5.82 Å². The van der Waals surface area contributed by atoms with Gasteiger partial charge in [-0.1, -0.05) is 12.1 Å². The Bertz CT molecular complexity index is 1110. The van der Waals surface area contributed by atoms with E-state index in [2.05, 4.69) is 20.4 Å². The number of hydrogen-bond acceptors (Lipinski definition) is 6. The van der Waals surface area contributed by atoms with Crippen molar-refractivity contribution in [1.82, 2.24) is 24.1 Å². The van der Waals surface area contributed by atoms with Crippen LogP contribution < -0.4 is 5.32 Å². The van der Waals surface area contributed by atoms with Crippen LogP contribution in [0, 0.1) is 0 Å². The van der Waals surface area contributed by atoms with Crippen LogP contribution in [-0.4, -0.2) is 51.5 Å². The summed E-state index contributed by atoms with van der Waals surface area (Å²) in [5.41, 5.74) is 1.44. The van der Waals surface area contributed by atoms with Crippen molar-refractivity contribution in [2.24, 2.45) is 0 Å². The minimum absolute atomic E-state index is 0.168. The predicted octanol–water partition coefficient (Wildman–Crippen LogP) is 2.02. The number of pyridine rings is 1. The van der Waals surface area contributed by atoms with Crippen molar-refractivity contribution >= 4 is 21.6 Å². The van der Waals surface area contributed by atoms with Crippen molar-refractivity contribution in [3.05, 3.63) is 60.8 Å². The minimum Gasteiger partial charge on any atom is -0.323 e. The van der Waals surface area contributed by atoms with Gasteiger partial charge in [0.05, 0.1) is 10.6 Å². The molecule has 0 spiro atoms. The summed E-state index contributed by atoms with van der Waals surface area (Å²) in [6.07, 6.45) is 7.08. The van der Waals surface area contributed by atoms with Crippen LogP contribution in [0.1, 0.15) is 24.8 Å². The highest BCUT2D eigenvalue weighted by Crippen LogP contribution is 2.21. The second kappa shape index (κ2) is 8.72. The summed E-state index contributed by atoms with van der Waals surface area (Å²) in [6, 6.07) is 10.2. The zero-order valence-electron chi connectivity index (χ0n) is 16.3. The molecule has 0 unspecified atom stereocenters. The molecule has 1 fully saturated rings. The van der Waals surface area contributed by atoms with Crippen molar-refractivity contribution < 1.29 is 13.2 Å². The van der Waals surface area contributed by atoms with Crippen LogP contribution in [0.25, 0.3) is 5.82 Å². The lowest BCUT2D eigenvalue weighted by Gasteiger charge is -2.15. The fourth-order valence-electron chi connectivity index (χ4n) is 3.37. The molecule has 1 amide bonds. The first kappa shape index (κ1) is 20.2. The second-order valence-corrected chi connectivity index (χ2v) is 8.96. The average Bonchev–Trinajstić information content (AvgIpc) is 3.47. The van der Waals surface area contributed by atoms with E-state index < -0.39 is 10.0 Å². The highest BCUT2D eigenvalue weighted by molar-refractivity contribution is 7.89. The lowest BCUT2D eigenvalue weighted by Crippen LogP contribution is -2.27. The molecule has 0 aliphatic carbocycles. The maximum absolute atomic E-state index is 12.6. The third kappa shape index (κ3) is 4.39. The number of hydrogen-bond donors (Lipinski definition) is 1. The number of rotatable bonds is 7. The highest BCUT2D eigenvalue weighted by Gasteiger charge is 2.26. The molecular weight excluding hydrogens is 404 g/mol. The quantitative estimate of drug-likeness (QED) is 0.619. The van der Waals surface area contributed by atoms with E-state index >= 15 is 0 Å². The third-order valence-electron chi connectivity index (χ3n) is 4.96. The maximum atomic E-state index is 12.6. The first-order valence-electron chi connectivity index (χ1n) is 9.73. The molecule has 1 saturated heterocycles. The van der Waals surface area contributed by atoms with E-state index in [1.165, 1.54) is 21.6 Å². The standard InChI is InChI=1S/C20H22N6O3S/c27-19(24-18-4-3-11-22-20(18)26-15-21-14-23-26)10-7-16-5-8-17(9-6-16)30(28,29)25-12-1-2-13-25/h3-6,8-9,11,14-15H,1-2,7,10,12-13H2,(H,24,27). The Morgan fingerprint density at radius 3 is 2.57 bits per heavy atom. The largest absolute Gasteiger partial charge is 0.323 e. The Hall–Kier alpha value is -3.11. The van der Waals surface area contributed by atoms with Crippen molar-refractivity contribution in [3.63, 3.8) is 0 Å². The minimum atomic E-state index is -3.42. The number of sulfonamides is 1. The van der Waals surface area contributed by atoms with Crippen LogP contribution in [0.5, 0.6) is 0 Å². The summed E-state index contributed by atoms with van der Waals surface area (Å²) in [7, 11) is -3.42. The van der Waals surface area contributed by atoms with E-state index in [-0.39, 0.29) is 12.3 Å². The number of nitrogens with zero attached hydrogens (tertiary/aromatic N) is 5. The first-order chi connectivity index (χ1) is 14.5. The number of aryl methyl sites for hydroxylation is 1. The average molecular weight is 427 g/mol. The van der Waals surface area contributed by atoms with Crippen molar-refractivity contribution in [2.45, 2.75) is 30.6 Å². The Morgan fingerprint density at radius 1 is 1.10 bits per heavy atom. The molecule has 0 atom stereocenters. The number of anilines is 1. The van der Waals surface area contributed by atoms with Crippen LogP contribution in [0.3, 0.4) is 0 Å². The lowest BCUT2D eigenvalue weighted by molar-refractivity contribution is -0.116. The van der Waals surface area contributed by atoms with Gasteiger partial charge in [0.15, 0.2) is 5.82 Å². The van der Waals surface area contributed by atoms with Crippen molar-refractivity contribution in [1.29, 1.82) is 0 Å². The van der Waals surface area contributed by atoms with Crippen LogP contribution >= 0.6 is 0 Å². The smallest absolute Gasteiger partial charge is 0.243 e. The summed E-state index contributed by atoms with van der Waals surface area (Å²) in [5.74, 6) is 0.318. The van der Waals surface area contributed by atoms with Gasteiger partial charge in [0.1, 0.15) is 12.7 Å². The van der Waals surface area contributed by atoms with E-state index in [4.69, 9.17) is 0 Å². The highest BCUT2D eigenvalue weighted by atomic mass is 32.2. The van der Waals surface area contributed by atoms with Gasteiger partial charge in [-0.15, -0.1) is 0 Å². The molecular formula is C20H22N6O3S. The maximum Gasteiger partial charge on any atom is 0.243 e. The van der Waals surface area contributed by atoms with Gasteiger partial charge in [-0.2, -0.15) is 9.40 Å². The number of amides is 1. The molecule has 1 aliphatic rings. The molecule has 3 heterocycles. The van der Waals surface area contributed by atoms with E-state index in [1.807, 2.05) is 0 Å². The van der Waals surface area contributed by atoms with Gasteiger partial charge >= 0.3 is 0 Å². The molecule has 0 saturated carbocycles. The van der Waals surface area contributed by atoms with Gasteiger partial charge in [-0.3, -0.25) is 4.79 Å². The molecule has 1 aromatic carbocycles. The predicted molar refractivity (Wildman–Crippen MR) is 111 cm³/mol. The van der Waals surface area contributed by atoms with Crippen LogP contribution in [0.2, 0.25) is 0 Å². The Labute approximate surface area is 174 Å². The van der Waals surface area contributed by atoms with Gasteiger partial charge in [-0.05, 0) is 49.1 Å². The van der Waals surface area contributed by atoms with Crippen molar-refractivity contribution in [2.75, 3.05) is 18.4 Å². The number of nitrogens with one attached hydrogen (secondary N) is 1. The normalized spacial score (nSPS) is 14.7. The molecule has 2 aromatic heterocycles. The fourth-order valence-corrected chi connectivity index (χ4v) is 4.89. The zero-order valence-corrected chi connectivity index (χ0v) is 17.1. The third-order valence-corrected chi connectivity index (χ3v) is 6.88. The first-order valence-corrected chi connectivity index (χ1v) is 11.2. The molecule has 1 N–H and O–H groups in total. The molecule has 0 bridgehead atoms. The summed E-state index contributed by atoms with van der Waals surface area (Å²) in [6.45, 7) is 1.16. The van der Waals surface area contributed by atoms with Gasteiger partial charge in [0.2, 0.25) is 15.9 Å². The van der Waals surface area contributed by atoms with E-state index in [9.17, 15) is 13.2 Å². The van der Waals surface area contributed by atoms with Crippen LogP contribution in [0.15, 0.2) is 60.1 Å². The molecule has 30 heavy (non-hydrogen) atoms. The topological polar surface area (TPSA) is 110 Å². The van der Waals surface area contributed by atoms with E-state index in [0.717, 1.165) is 18.4 Å². The van der Waals surface area contributed by atoms with Gasteiger partial charge in [0, 0.05) is 25.7 Å². The summed E-state index contributed by atoms with van der Waals surface area (Å²) < 4.78 is 28.2. The molecule has 10 heteroatoms. The van der Waals surface area contributed by atoms with E-state index in [1.54, 1.807) is 42.6 Å². The Balaban J connectivity index is 1.37. The molecule has 0 radical (unpaired) electrons. The molecule has 1 aliphatic heterocycles. The monoisotopic (exact) mass is 426 g/mol.